The van der Waals surface area contributed by atoms with Crippen molar-refractivity contribution in [2.75, 3.05) is 0 Å². The fourth-order valence-corrected chi connectivity index (χ4v) is 2.64. The average Bonchev–Trinajstić information content (AvgIpc) is 1.80. The molecule has 1 rings (SSSR count). The molecule has 1 fully saturated rings. The van der Waals surface area contributed by atoms with Gasteiger partial charge in [-0.1, -0.05) is 36.4 Å². The molecule has 0 aromatic rings. The predicted molar refractivity (Wildman–Crippen MR) is 50.0 cm³/mol. The van der Waals surface area contributed by atoms with Crippen molar-refractivity contribution in [1.29, 1.82) is 0 Å². The molecule has 3 atom stereocenters. The zero-order valence-electron chi connectivity index (χ0n) is 6.23. The summed E-state index contributed by atoms with van der Waals surface area (Å²) in [6, 6.07) is 0. The van der Waals surface area contributed by atoms with Crippen molar-refractivity contribution >= 4 is 22.6 Å². The fraction of sp³-hybridized carbons (Fsp3) is 1.00. The molecule has 0 radical (unpaired) electrons. The van der Waals surface area contributed by atoms with Crippen molar-refractivity contribution in [1.82, 2.24) is 0 Å². The van der Waals surface area contributed by atoms with Crippen LogP contribution in [0, 0.1) is 11.8 Å². The largest absolute Gasteiger partial charge is 0.0826 e. The molecule has 0 spiro atoms. The molecule has 0 N–H and O–H groups in total. The smallest absolute Gasteiger partial charge is 0.0112 e. The molecule has 1 heteroatoms. The van der Waals surface area contributed by atoms with Crippen LogP contribution in [0.25, 0.3) is 0 Å². The van der Waals surface area contributed by atoms with E-state index in [1.54, 1.807) is 0 Å². The second-order valence-corrected chi connectivity index (χ2v) is 5.13. The van der Waals surface area contributed by atoms with Gasteiger partial charge >= 0.3 is 0 Å². The average molecular weight is 238 g/mol. The zero-order chi connectivity index (χ0) is 6.85. The highest BCUT2D eigenvalue weighted by molar-refractivity contribution is 14.1. The zero-order valence-corrected chi connectivity index (χ0v) is 8.39. The molecule has 0 aromatic carbocycles. The Morgan fingerprint density at radius 2 is 1.78 bits per heavy atom. The van der Waals surface area contributed by atoms with E-state index in [2.05, 4.69) is 36.4 Å². The minimum absolute atomic E-state index is 0.966. The highest BCUT2D eigenvalue weighted by Crippen LogP contribution is 2.32. The number of rotatable bonds is 0. The van der Waals surface area contributed by atoms with E-state index < -0.39 is 0 Å². The van der Waals surface area contributed by atoms with E-state index in [0.717, 1.165) is 15.8 Å². The van der Waals surface area contributed by atoms with Crippen LogP contribution in [-0.2, 0) is 0 Å². The molecule has 1 aliphatic rings. The summed E-state index contributed by atoms with van der Waals surface area (Å²) < 4.78 is 0.966. The van der Waals surface area contributed by atoms with E-state index in [-0.39, 0.29) is 0 Å². The van der Waals surface area contributed by atoms with E-state index >= 15 is 0 Å². The summed E-state index contributed by atoms with van der Waals surface area (Å²) in [5.74, 6) is 1.96. The van der Waals surface area contributed by atoms with Gasteiger partial charge in [0.25, 0.3) is 0 Å². The maximum Gasteiger partial charge on any atom is 0.0112 e. The van der Waals surface area contributed by atoms with Crippen LogP contribution in [0.1, 0.15) is 33.1 Å². The maximum atomic E-state index is 2.58. The van der Waals surface area contributed by atoms with Crippen molar-refractivity contribution in [2.45, 2.75) is 37.0 Å². The van der Waals surface area contributed by atoms with Gasteiger partial charge in [0.1, 0.15) is 0 Å². The van der Waals surface area contributed by atoms with Crippen LogP contribution >= 0.6 is 22.6 Å². The molecular weight excluding hydrogens is 223 g/mol. The number of hydrogen-bond donors (Lipinski definition) is 0. The molecular formula is C8H15I. The SMILES string of the molecule is CC1CC(I)CC[C@@H]1C. The van der Waals surface area contributed by atoms with Crippen molar-refractivity contribution in [2.24, 2.45) is 11.8 Å². The lowest BCUT2D eigenvalue weighted by Crippen LogP contribution is -2.20. The molecule has 0 saturated heterocycles. The molecule has 0 amide bonds. The first-order valence-electron chi connectivity index (χ1n) is 3.84. The van der Waals surface area contributed by atoms with Gasteiger partial charge < -0.3 is 0 Å². The standard InChI is InChI=1S/C8H15I/c1-6-3-4-8(9)5-7(6)2/h6-8H,3-5H2,1-2H3/t6-,7?,8?/m0/s1. The third-order valence-electron chi connectivity index (χ3n) is 2.53. The molecule has 1 aliphatic carbocycles. The van der Waals surface area contributed by atoms with Crippen molar-refractivity contribution in [3.05, 3.63) is 0 Å². The summed E-state index contributed by atoms with van der Waals surface area (Å²) in [6.45, 7) is 4.77. The molecule has 1 saturated carbocycles. The summed E-state index contributed by atoms with van der Waals surface area (Å²) >= 11 is 2.58. The van der Waals surface area contributed by atoms with E-state index in [1.165, 1.54) is 19.3 Å². The van der Waals surface area contributed by atoms with Gasteiger partial charge in [-0.05, 0) is 31.1 Å². The summed E-state index contributed by atoms with van der Waals surface area (Å²) in [5.41, 5.74) is 0. The molecule has 0 nitrogen and oxygen atoms in total. The van der Waals surface area contributed by atoms with Gasteiger partial charge in [0, 0.05) is 3.92 Å². The predicted octanol–water partition coefficient (Wildman–Crippen LogP) is 3.25. The van der Waals surface area contributed by atoms with Crippen LogP contribution in [0.15, 0.2) is 0 Å². The van der Waals surface area contributed by atoms with Gasteiger partial charge in [-0.2, -0.15) is 0 Å². The van der Waals surface area contributed by atoms with E-state index in [9.17, 15) is 0 Å². The molecule has 0 heterocycles. The second kappa shape index (κ2) is 3.22. The minimum Gasteiger partial charge on any atom is -0.0826 e. The quantitative estimate of drug-likeness (QED) is 0.449. The van der Waals surface area contributed by atoms with Gasteiger partial charge in [0.2, 0.25) is 0 Å². The molecule has 9 heavy (non-hydrogen) atoms. The molecule has 0 aromatic heterocycles. The first kappa shape index (κ1) is 7.83. The van der Waals surface area contributed by atoms with E-state index in [1.807, 2.05) is 0 Å². The maximum absolute atomic E-state index is 2.58. The fourth-order valence-electron chi connectivity index (χ4n) is 1.48. The normalized spacial score (nSPS) is 45.0. The lowest BCUT2D eigenvalue weighted by atomic mass is 9.82. The van der Waals surface area contributed by atoms with Crippen LogP contribution in [-0.4, -0.2) is 3.92 Å². The summed E-state index contributed by atoms with van der Waals surface area (Å²) in [5, 5.41) is 0. The Morgan fingerprint density at radius 1 is 1.11 bits per heavy atom. The van der Waals surface area contributed by atoms with E-state index in [4.69, 9.17) is 0 Å². The van der Waals surface area contributed by atoms with Crippen molar-refractivity contribution in [3.8, 4) is 0 Å². The molecule has 54 valence electrons. The van der Waals surface area contributed by atoms with Crippen LogP contribution in [0.4, 0.5) is 0 Å². The monoisotopic (exact) mass is 238 g/mol. The molecule has 0 aliphatic heterocycles. The van der Waals surface area contributed by atoms with Gasteiger partial charge in [-0.15, -0.1) is 0 Å². The lowest BCUT2D eigenvalue weighted by Gasteiger charge is -2.28. The third kappa shape index (κ3) is 2.10. The Balaban J connectivity index is 2.35. The minimum atomic E-state index is 0.966. The van der Waals surface area contributed by atoms with Crippen LogP contribution in [0.5, 0.6) is 0 Å². The van der Waals surface area contributed by atoms with Crippen LogP contribution in [0.2, 0.25) is 0 Å². The third-order valence-corrected chi connectivity index (χ3v) is 3.67. The van der Waals surface area contributed by atoms with Crippen LogP contribution < -0.4 is 0 Å². The van der Waals surface area contributed by atoms with Crippen LogP contribution in [0.3, 0.4) is 0 Å². The topological polar surface area (TPSA) is 0 Å². The van der Waals surface area contributed by atoms with Crippen molar-refractivity contribution in [3.63, 3.8) is 0 Å². The summed E-state index contributed by atoms with van der Waals surface area (Å²) in [4.78, 5) is 0. The Labute approximate surface area is 71.5 Å². The molecule has 2 unspecified atom stereocenters. The number of alkyl halides is 1. The first-order valence-corrected chi connectivity index (χ1v) is 5.08. The van der Waals surface area contributed by atoms with E-state index in [0.29, 0.717) is 0 Å². The Morgan fingerprint density at radius 3 is 2.22 bits per heavy atom. The number of halogens is 1. The highest BCUT2D eigenvalue weighted by atomic mass is 127. The Bertz CT molecular complexity index is 90.6. The highest BCUT2D eigenvalue weighted by Gasteiger charge is 2.21. The van der Waals surface area contributed by atoms with Gasteiger partial charge in [-0.3, -0.25) is 0 Å². The summed E-state index contributed by atoms with van der Waals surface area (Å²) in [7, 11) is 0. The van der Waals surface area contributed by atoms with Gasteiger partial charge in [0.15, 0.2) is 0 Å². The summed E-state index contributed by atoms with van der Waals surface area (Å²) in [6.07, 6.45) is 4.35. The van der Waals surface area contributed by atoms with Crippen molar-refractivity contribution < 1.29 is 0 Å². The van der Waals surface area contributed by atoms with Gasteiger partial charge in [0.05, 0.1) is 0 Å². The lowest BCUT2D eigenvalue weighted by molar-refractivity contribution is 0.289. The number of hydrogen-bond acceptors (Lipinski definition) is 0. The Hall–Kier alpha value is 0.730. The first-order chi connectivity index (χ1) is 4.20. The Kier molecular flexibility index (Phi) is 2.80. The molecule has 0 bridgehead atoms. The van der Waals surface area contributed by atoms with Gasteiger partial charge in [-0.25, -0.2) is 0 Å². The second-order valence-electron chi connectivity index (χ2n) is 3.36.